The van der Waals surface area contributed by atoms with Gasteiger partial charge in [0, 0.05) is 48.9 Å². The van der Waals surface area contributed by atoms with E-state index in [0.717, 1.165) is 0 Å². The summed E-state index contributed by atoms with van der Waals surface area (Å²) in [5.74, 6) is -0.0896. The molecular weight excluding hydrogens is 828 g/mol. The molecule has 0 radical (unpaired) electrons. The van der Waals surface area contributed by atoms with Crippen LogP contribution >= 0.6 is 0 Å². The van der Waals surface area contributed by atoms with Crippen molar-refractivity contribution in [1.29, 1.82) is 0 Å². The number of likely N-dealkylation sites (tertiary alicyclic amines) is 1. The number of rotatable bonds is 14. The lowest BCUT2D eigenvalue weighted by molar-refractivity contribution is 0.0184. The molecule has 0 spiro atoms. The number of carboxylic acid groups (broad SMARTS) is 1. The highest BCUT2D eigenvalue weighted by atomic mass is 16.7. The van der Waals surface area contributed by atoms with Crippen LogP contribution in [0, 0.1) is 0 Å². The van der Waals surface area contributed by atoms with Gasteiger partial charge in [0.25, 0.3) is 0 Å². The number of carbonyl (C=O) groups is 5. The number of methoxy groups -OCH3 is 2. The van der Waals surface area contributed by atoms with Crippen LogP contribution in [0.3, 0.4) is 0 Å². The van der Waals surface area contributed by atoms with Crippen molar-refractivity contribution in [3.8, 4) is 34.5 Å². The van der Waals surface area contributed by atoms with Crippen LogP contribution < -0.4 is 28.4 Å². The number of nitrogens with zero attached hydrogens (tertiary/aromatic N) is 4. The zero-order valence-corrected chi connectivity index (χ0v) is 34.7. The van der Waals surface area contributed by atoms with E-state index in [1.54, 1.807) is 39.0 Å². The van der Waals surface area contributed by atoms with Gasteiger partial charge in [-0.1, -0.05) is 29.4 Å². The molecule has 7 rings (SSSR count). The van der Waals surface area contributed by atoms with Gasteiger partial charge in [0.15, 0.2) is 48.2 Å². The van der Waals surface area contributed by atoms with Crippen LogP contribution in [0.1, 0.15) is 73.3 Å². The first kappa shape index (κ1) is 45.0. The largest absolute Gasteiger partial charge is 0.478 e. The molecule has 1 saturated heterocycles. The molecule has 4 aromatic carbocycles. The highest BCUT2D eigenvalue weighted by Gasteiger charge is 2.39. The van der Waals surface area contributed by atoms with Gasteiger partial charge in [-0.3, -0.25) is 9.59 Å². The topological polar surface area (TPSA) is 250 Å². The van der Waals surface area contributed by atoms with Crippen LogP contribution in [0.15, 0.2) is 77.9 Å². The van der Waals surface area contributed by atoms with Gasteiger partial charge in [-0.25, -0.2) is 14.4 Å². The number of ether oxygens (including phenoxy) is 10. The molecule has 0 aliphatic carbocycles. The molecule has 0 bridgehead atoms. The normalized spacial score (nSPS) is 15.6. The van der Waals surface area contributed by atoms with Gasteiger partial charge in [0.2, 0.25) is 13.6 Å². The minimum Gasteiger partial charge on any atom is -0.478 e. The zero-order chi connectivity index (χ0) is 45.3. The molecule has 1 amide bonds. The van der Waals surface area contributed by atoms with Gasteiger partial charge in [-0.15, -0.1) is 0 Å². The lowest BCUT2D eigenvalue weighted by Gasteiger charge is -2.24. The van der Waals surface area contributed by atoms with Gasteiger partial charge in [-0.2, -0.15) is 0 Å². The molecular formula is C43H42N4O16. The third-order valence-corrected chi connectivity index (χ3v) is 9.23. The maximum absolute atomic E-state index is 13.3. The van der Waals surface area contributed by atoms with Gasteiger partial charge < -0.3 is 57.4 Å². The molecule has 1 N–H and O–H groups in total. The Hall–Kier alpha value is -7.54. The molecule has 20 heteroatoms. The van der Waals surface area contributed by atoms with E-state index in [1.807, 2.05) is 0 Å². The van der Waals surface area contributed by atoms with Gasteiger partial charge in [-0.05, 0) is 62.7 Å². The second-order valence-corrected chi connectivity index (χ2v) is 14.7. The molecule has 63 heavy (non-hydrogen) atoms. The Kier molecular flexibility index (Phi) is 14.2. The first-order valence-corrected chi connectivity index (χ1v) is 19.1. The Morgan fingerprint density at radius 2 is 1.16 bits per heavy atom. The molecule has 0 aromatic heterocycles. The SMILES string of the molecule is COCOc1cc2c(cc1C(=O)c1ccc(C(=O)O)cc1)OCO2.COCOc1cc2c(cc1C(=O)c1ccc(C(=O)OC3CN(C(=O)OC(C)(C)C)CC3N=[N+]=[N-])cc1)OCO2. The fourth-order valence-electron chi connectivity index (χ4n) is 6.25. The molecule has 0 saturated carbocycles. The first-order valence-electron chi connectivity index (χ1n) is 19.1. The van der Waals surface area contributed by atoms with Crippen molar-refractivity contribution in [2.24, 2.45) is 5.11 Å². The van der Waals surface area contributed by atoms with E-state index in [0.29, 0.717) is 34.3 Å². The molecule has 20 nitrogen and oxygen atoms in total. The van der Waals surface area contributed by atoms with Crippen molar-refractivity contribution >= 4 is 29.6 Å². The Morgan fingerprint density at radius 1 is 0.714 bits per heavy atom. The predicted molar refractivity (Wildman–Crippen MR) is 217 cm³/mol. The number of azide groups is 1. The summed E-state index contributed by atoms with van der Waals surface area (Å²) in [6, 6.07) is 16.9. The Bertz CT molecular complexity index is 2410. The fourth-order valence-corrected chi connectivity index (χ4v) is 6.25. The van der Waals surface area contributed by atoms with E-state index in [9.17, 15) is 24.0 Å². The molecule has 3 aliphatic rings. The van der Waals surface area contributed by atoms with E-state index in [-0.39, 0.29) is 85.4 Å². The van der Waals surface area contributed by atoms with Crippen LogP contribution in [-0.4, -0.2) is 112 Å². The van der Waals surface area contributed by atoms with Crippen molar-refractivity contribution in [3.63, 3.8) is 0 Å². The predicted octanol–water partition coefficient (Wildman–Crippen LogP) is 6.41. The monoisotopic (exact) mass is 870 g/mol. The maximum atomic E-state index is 13.3. The zero-order valence-electron chi connectivity index (χ0n) is 34.7. The number of fused-ring (bicyclic) bond motifs is 2. The van der Waals surface area contributed by atoms with Crippen LogP contribution in [-0.2, 0) is 18.9 Å². The minimum atomic E-state index is -1.05. The van der Waals surface area contributed by atoms with E-state index < -0.39 is 35.8 Å². The summed E-state index contributed by atoms with van der Waals surface area (Å²) < 4.78 is 53.1. The highest BCUT2D eigenvalue weighted by Crippen LogP contribution is 2.40. The second-order valence-electron chi connectivity index (χ2n) is 14.7. The number of ketones is 2. The second kappa shape index (κ2) is 19.9. The molecule has 2 atom stereocenters. The minimum absolute atomic E-state index is 0.00920. The summed E-state index contributed by atoms with van der Waals surface area (Å²) in [6.07, 6.45) is -1.46. The Balaban J connectivity index is 0.000000235. The average molecular weight is 871 g/mol. The molecule has 2 unspecified atom stereocenters. The quantitative estimate of drug-likeness (QED) is 0.0359. The van der Waals surface area contributed by atoms with Crippen molar-refractivity contribution in [2.45, 2.75) is 38.5 Å². The number of amides is 1. The van der Waals surface area contributed by atoms with E-state index in [1.165, 1.54) is 73.7 Å². The lowest BCUT2D eigenvalue weighted by atomic mass is 10.0. The standard InChI is InChI=1S/C26H28N4O9.C17H14O7/c1-26(2,3)39-25(33)30-11-18(28-29-27)22(12-30)38-24(32)16-7-5-15(6-8-16)23(31)17-9-20-21(37-14-36-20)10-19(17)35-13-34-4;1-21-8-22-13-7-15-14(23-9-24-15)6-12(13)16(18)10-2-4-11(5-3-10)17(19)20/h5-10,18,22H,11-14H2,1-4H3;2-7H,8-9H2,1H3,(H,19,20). The van der Waals surface area contributed by atoms with Gasteiger partial charge >= 0.3 is 18.0 Å². The number of hydrogen-bond donors (Lipinski definition) is 1. The summed E-state index contributed by atoms with van der Waals surface area (Å²) >= 11 is 0. The van der Waals surface area contributed by atoms with Crippen LogP contribution in [0.4, 0.5) is 4.79 Å². The fraction of sp³-hybridized carbons (Fsp3) is 0.326. The molecule has 4 aromatic rings. The van der Waals surface area contributed by atoms with Crippen LogP contribution in [0.2, 0.25) is 0 Å². The first-order chi connectivity index (χ1) is 30.2. The number of hydrogen-bond acceptors (Lipinski definition) is 16. The van der Waals surface area contributed by atoms with Crippen molar-refractivity contribution < 1.29 is 76.4 Å². The highest BCUT2D eigenvalue weighted by molar-refractivity contribution is 6.12. The van der Waals surface area contributed by atoms with E-state index >= 15 is 0 Å². The van der Waals surface area contributed by atoms with Gasteiger partial charge in [0.1, 0.15) is 23.2 Å². The van der Waals surface area contributed by atoms with Crippen molar-refractivity contribution in [3.05, 3.63) is 117 Å². The van der Waals surface area contributed by atoms with E-state index in [4.69, 9.17) is 58.0 Å². The van der Waals surface area contributed by atoms with E-state index in [2.05, 4.69) is 10.0 Å². The number of carbonyl (C=O) groups excluding carboxylic acids is 4. The number of carboxylic acids is 1. The van der Waals surface area contributed by atoms with Gasteiger partial charge in [0.05, 0.1) is 34.8 Å². The molecule has 3 heterocycles. The summed E-state index contributed by atoms with van der Waals surface area (Å²) in [7, 11) is 2.93. The summed E-state index contributed by atoms with van der Waals surface area (Å²) in [6.45, 7) is 5.26. The number of aromatic carboxylic acids is 1. The number of benzene rings is 4. The van der Waals surface area contributed by atoms with Crippen molar-refractivity contribution in [1.82, 2.24) is 4.90 Å². The Morgan fingerprint density at radius 3 is 1.59 bits per heavy atom. The number of esters is 1. The third kappa shape index (κ3) is 11.1. The third-order valence-electron chi connectivity index (χ3n) is 9.23. The van der Waals surface area contributed by atoms with Crippen LogP contribution in [0.25, 0.3) is 10.4 Å². The summed E-state index contributed by atoms with van der Waals surface area (Å²) in [4.78, 5) is 66.4. The van der Waals surface area contributed by atoms with Crippen molar-refractivity contribution in [2.75, 3.05) is 54.5 Å². The van der Waals surface area contributed by atoms with Crippen LogP contribution in [0.5, 0.6) is 34.5 Å². The maximum Gasteiger partial charge on any atom is 0.410 e. The summed E-state index contributed by atoms with van der Waals surface area (Å²) in [5, 5.41) is 12.6. The Labute approximate surface area is 359 Å². The molecule has 1 fully saturated rings. The molecule has 330 valence electrons. The smallest absolute Gasteiger partial charge is 0.410 e. The summed E-state index contributed by atoms with van der Waals surface area (Å²) in [5.41, 5.74) is 9.62. The average Bonchev–Trinajstić information content (AvgIpc) is 4.03. The molecule has 3 aliphatic heterocycles. The lowest BCUT2D eigenvalue weighted by Crippen LogP contribution is -2.36.